The Hall–Kier alpha value is -2.47. The van der Waals surface area contributed by atoms with Crippen molar-refractivity contribution in [2.45, 2.75) is 6.18 Å². The first-order valence-corrected chi connectivity index (χ1v) is 7.06. The second-order valence-corrected chi connectivity index (χ2v) is 4.89. The van der Waals surface area contributed by atoms with E-state index in [1.54, 1.807) is 23.1 Å². The Morgan fingerprint density at radius 3 is 2.42 bits per heavy atom. The second-order valence-electron chi connectivity index (χ2n) is 4.89. The molecule has 0 atom stereocenters. The van der Waals surface area contributed by atoms with Crippen molar-refractivity contribution < 1.29 is 39.0 Å². The number of nitrogens with zero attached hydrogens (tertiary/aromatic N) is 3. The summed E-state index contributed by atoms with van der Waals surface area (Å²) >= 11 is 0. The number of benzene rings is 1. The fraction of sp³-hybridized carbons (Fsp3) is 0.118. The molecule has 0 fully saturated rings. The molecule has 0 aliphatic rings. The van der Waals surface area contributed by atoms with Gasteiger partial charge in [0, 0.05) is 24.7 Å². The van der Waals surface area contributed by atoms with Gasteiger partial charge in [-0.25, -0.2) is 9.67 Å². The van der Waals surface area contributed by atoms with Gasteiger partial charge in [0.15, 0.2) is 5.82 Å². The minimum absolute atomic E-state index is 0. The molecular weight excluding hydrogens is 517 g/mol. The number of pyridine rings is 1. The summed E-state index contributed by atoms with van der Waals surface area (Å²) in [5.41, 5.74) is 7.47. The summed E-state index contributed by atoms with van der Waals surface area (Å²) in [5.74, 6) is 1.13. The molecule has 0 saturated heterocycles. The Morgan fingerprint density at radius 1 is 1.19 bits per heavy atom. The van der Waals surface area contributed by atoms with Gasteiger partial charge < -0.3 is 10.5 Å². The van der Waals surface area contributed by atoms with E-state index in [9.17, 15) is 13.2 Å². The van der Waals surface area contributed by atoms with Crippen LogP contribution in [0.15, 0.2) is 55.0 Å². The van der Waals surface area contributed by atoms with E-state index in [1.807, 2.05) is 6.07 Å². The van der Waals surface area contributed by atoms with Crippen LogP contribution in [-0.2, 0) is 27.2 Å². The Bertz CT molecular complexity index is 823. The third-order valence-electron chi connectivity index (χ3n) is 3.06. The molecule has 2 aromatic heterocycles. The van der Waals surface area contributed by atoms with Crippen molar-refractivity contribution >= 4 is 5.69 Å². The van der Waals surface area contributed by atoms with Crippen molar-refractivity contribution in [2.24, 2.45) is 0 Å². The largest absolute Gasteiger partial charge is 2.00 e. The molecule has 2 heterocycles. The van der Waals surface area contributed by atoms with Crippen LogP contribution in [0.1, 0.15) is 11.1 Å². The first-order valence-electron chi connectivity index (χ1n) is 7.06. The van der Waals surface area contributed by atoms with Crippen molar-refractivity contribution in [3.63, 3.8) is 0 Å². The van der Waals surface area contributed by atoms with Crippen LogP contribution in [-0.4, -0.2) is 21.9 Å². The zero-order chi connectivity index (χ0) is 18.4. The number of hydrogen-bond donors (Lipinski definition) is 0. The van der Waals surface area contributed by atoms with Crippen LogP contribution < -0.4 is 4.74 Å². The monoisotopic (exact) mass is 532 g/mol. The van der Waals surface area contributed by atoms with Crippen molar-refractivity contribution in [1.29, 1.82) is 0 Å². The number of aromatic nitrogens is 3. The second kappa shape index (κ2) is 9.29. The average molecular weight is 532 g/mol. The van der Waals surface area contributed by atoms with Gasteiger partial charge in [-0.1, -0.05) is 11.8 Å². The molecule has 5 nitrogen and oxygen atoms in total. The molecule has 1 aromatic carbocycles. The van der Waals surface area contributed by atoms with E-state index in [2.05, 4.69) is 17.0 Å². The van der Waals surface area contributed by atoms with Crippen LogP contribution in [0.3, 0.4) is 0 Å². The van der Waals surface area contributed by atoms with Crippen LogP contribution in [0.2, 0.25) is 0 Å². The third kappa shape index (κ3) is 5.81. The van der Waals surface area contributed by atoms with Gasteiger partial charge >= 0.3 is 27.2 Å². The summed E-state index contributed by atoms with van der Waals surface area (Å²) < 4.78 is 42.4. The summed E-state index contributed by atoms with van der Waals surface area (Å²) in [6, 6.07) is 8.38. The van der Waals surface area contributed by atoms with Crippen molar-refractivity contribution in [2.75, 3.05) is 7.11 Å². The van der Waals surface area contributed by atoms with Crippen LogP contribution in [0.25, 0.3) is 11.6 Å². The predicted molar refractivity (Wildman–Crippen MR) is 87.8 cm³/mol. The predicted octanol–water partition coefficient (Wildman–Crippen LogP) is 4.84. The maximum atomic E-state index is 11.9. The molecule has 0 bridgehead atoms. The van der Waals surface area contributed by atoms with E-state index in [-0.39, 0.29) is 26.8 Å². The topological polar surface area (TPSA) is 63.7 Å². The Morgan fingerprint density at radius 2 is 1.92 bits per heavy atom. The Kier molecular flexibility index (Phi) is 7.71. The third-order valence-corrected chi connectivity index (χ3v) is 3.06. The van der Waals surface area contributed by atoms with Crippen LogP contribution >= 0.6 is 0 Å². The molecule has 0 aliphatic carbocycles. The summed E-state index contributed by atoms with van der Waals surface area (Å²) in [5, 5.41) is 4.03. The van der Waals surface area contributed by atoms with E-state index >= 15 is 0 Å². The number of nitrogens with one attached hydrogen (secondary N) is 1. The molecule has 26 heavy (non-hydrogen) atoms. The molecule has 3 rings (SSSR count). The quantitative estimate of drug-likeness (QED) is 0.444. The van der Waals surface area contributed by atoms with Gasteiger partial charge in [-0.15, -0.1) is 6.07 Å². The number of alkyl halides is 3. The summed E-state index contributed by atoms with van der Waals surface area (Å²) in [6.07, 6.45) is 0.637. The number of rotatable bonds is 2. The maximum Gasteiger partial charge on any atom is 2.00 e. The molecule has 0 aliphatic heterocycles. The van der Waals surface area contributed by atoms with Gasteiger partial charge in [-0.05, 0) is 11.6 Å². The van der Waals surface area contributed by atoms with Gasteiger partial charge in [0.25, 0.3) is 0 Å². The van der Waals surface area contributed by atoms with E-state index < -0.39 is 11.7 Å². The molecule has 0 saturated carbocycles. The van der Waals surface area contributed by atoms with E-state index in [1.165, 1.54) is 25.4 Å². The van der Waals surface area contributed by atoms with Gasteiger partial charge in [0.1, 0.15) is 5.75 Å². The molecule has 0 unspecified atom stereocenters. The molecule has 9 heteroatoms. The first-order chi connectivity index (χ1) is 11.8. The molecule has 0 spiro atoms. The fourth-order valence-electron chi connectivity index (χ4n) is 1.87. The Balaban J connectivity index is 0.000000258. The molecule has 0 amide bonds. The number of ether oxygens (including phenoxy) is 1. The maximum absolute atomic E-state index is 11.9. The Labute approximate surface area is 163 Å². The van der Waals surface area contributed by atoms with Crippen molar-refractivity contribution in [3.8, 4) is 11.6 Å². The van der Waals surface area contributed by atoms with Crippen molar-refractivity contribution in [3.05, 3.63) is 78.8 Å². The summed E-state index contributed by atoms with van der Waals surface area (Å²) in [6.45, 7) is 3.39. The van der Waals surface area contributed by atoms with E-state index in [0.717, 1.165) is 12.1 Å². The SMILES string of the molecule is COc1cc(-n2cccn2)ncc1[NH-].[CH2-]c1cccc(C(F)(F)F)c1.[W+2]. The van der Waals surface area contributed by atoms with Gasteiger partial charge in [-0.2, -0.15) is 42.9 Å². The minimum Gasteiger partial charge on any atom is -0.694 e. The van der Waals surface area contributed by atoms with Gasteiger partial charge in [-0.3, -0.25) is 0 Å². The van der Waals surface area contributed by atoms with Crippen molar-refractivity contribution in [1.82, 2.24) is 14.8 Å². The minimum atomic E-state index is -4.26. The van der Waals surface area contributed by atoms with Crippen LogP contribution in [0, 0.1) is 6.92 Å². The smallest absolute Gasteiger partial charge is 0.694 e. The van der Waals surface area contributed by atoms with E-state index in [4.69, 9.17) is 10.5 Å². The van der Waals surface area contributed by atoms with Gasteiger partial charge in [0.2, 0.25) is 0 Å². The molecule has 3 aromatic rings. The molecule has 1 N–H and O–H groups in total. The summed E-state index contributed by atoms with van der Waals surface area (Å²) in [7, 11) is 1.53. The number of methoxy groups -OCH3 is 1. The zero-order valence-corrected chi connectivity index (χ0v) is 16.6. The normalized spacial score (nSPS) is 10.3. The zero-order valence-electron chi connectivity index (χ0n) is 13.7. The molecular formula is C17H15F3N4OW. The number of halogens is 3. The number of hydrogen-bond acceptors (Lipinski definition) is 3. The van der Waals surface area contributed by atoms with Crippen LogP contribution in [0.5, 0.6) is 5.75 Å². The molecule has 0 radical (unpaired) electrons. The first kappa shape index (κ1) is 21.6. The fourth-order valence-corrected chi connectivity index (χ4v) is 1.87. The van der Waals surface area contributed by atoms with Gasteiger partial charge in [0.05, 0.1) is 7.11 Å². The van der Waals surface area contributed by atoms with E-state index in [0.29, 0.717) is 17.1 Å². The van der Waals surface area contributed by atoms with Crippen LogP contribution in [0.4, 0.5) is 18.9 Å². The standard InChI is InChI=1S/C9H9N4O.C8H6F3.W/c1-14-8-5-9(11-6-7(8)10)13-4-2-3-12-13;1-6-3-2-4-7(5-6)8(9,10)11;/h2-6,10H,1H3;2-5H,1H2;/q2*-1;+2. The summed E-state index contributed by atoms with van der Waals surface area (Å²) in [4.78, 5) is 4.06. The average Bonchev–Trinajstić information content (AvgIpc) is 3.10. The molecule has 136 valence electrons.